The first-order valence-electron chi connectivity index (χ1n) is 7.34. The van der Waals surface area contributed by atoms with E-state index in [9.17, 15) is 4.79 Å². The summed E-state index contributed by atoms with van der Waals surface area (Å²) in [4.78, 5) is 16.4. The minimum atomic E-state index is -0.639. The Morgan fingerprint density at radius 3 is 2.76 bits per heavy atom. The van der Waals surface area contributed by atoms with E-state index in [1.807, 2.05) is 34.6 Å². The zero-order valence-electron chi connectivity index (χ0n) is 13.5. The number of nitrogens with one attached hydrogen (secondary N) is 2. The van der Waals surface area contributed by atoms with Crippen LogP contribution in [-0.2, 0) is 9.53 Å². The summed E-state index contributed by atoms with van der Waals surface area (Å²) in [6.07, 6.45) is 1.60. The predicted molar refractivity (Wildman–Crippen MR) is 84.4 cm³/mol. The number of carbonyl (C=O) groups excluding carboxylic acids is 1. The summed E-state index contributed by atoms with van der Waals surface area (Å²) in [7, 11) is 0. The van der Waals surface area contributed by atoms with Crippen molar-refractivity contribution in [1.29, 1.82) is 0 Å². The van der Waals surface area contributed by atoms with Crippen molar-refractivity contribution in [2.75, 3.05) is 12.4 Å². The van der Waals surface area contributed by atoms with Gasteiger partial charge >= 0.3 is 5.97 Å². The number of aromatic amines is 1. The molecule has 6 nitrogen and oxygen atoms in total. The van der Waals surface area contributed by atoms with Crippen LogP contribution in [0.3, 0.4) is 0 Å². The lowest BCUT2D eigenvalue weighted by atomic mass is 9.95. The number of hydrogen-bond acceptors (Lipinski definition) is 6. The third-order valence-corrected chi connectivity index (χ3v) is 3.90. The SMILES string of the molecule is CCOC(=O)C(C)(CCCSc1n[nH]c(C)n1)NC(C)C. The molecule has 0 aliphatic heterocycles. The minimum absolute atomic E-state index is 0.183. The van der Waals surface area contributed by atoms with Crippen LogP contribution in [-0.4, -0.2) is 45.1 Å². The molecule has 120 valence electrons. The van der Waals surface area contributed by atoms with E-state index in [1.165, 1.54) is 0 Å². The molecule has 0 saturated heterocycles. The number of hydrogen-bond donors (Lipinski definition) is 2. The van der Waals surface area contributed by atoms with Gasteiger partial charge in [-0.3, -0.25) is 15.2 Å². The first kappa shape index (κ1) is 18.0. The first-order valence-corrected chi connectivity index (χ1v) is 8.32. The molecule has 2 N–H and O–H groups in total. The average Bonchev–Trinajstić information content (AvgIpc) is 2.80. The number of aromatic nitrogens is 3. The van der Waals surface area contributed by atoms with Crippen molar-refractivity contribution in [3.05, 3.63) is 5.82 Å². The smallest absolute Gasteiger partial charge is 0.326 e. The molecular weight excluding hydrogens is 288 g/mol. The molecule has 0 amide bonds. The van der Waals surface area contributed by atoms with Crippen molar-refractivity contribution in [1.82, 2.24) is 20.5 Å². The summed E-state index contributed by atoms with van der Waals surface area (Å²) < 4.78 is 5.19. The Bertz CT molecular complexity index is 450. The number of esters is 1. The Balaban J connectivity index is 2.47. The fourth-order valence-corrected chi connectivity index (χ4v) is 2.92. The van der Waals surface area contributed by atoms with Crippen LogP contribution in [0, 0.1) is 6.92 Å². The van der Waals surface area contributed by atoms with Crippen LogP contribution in [0.2, 0.25) is 0 Å². The molecule has 0 aromatic carbocycles. The second-order valence-electron chi connectivity index (χ2n) is 5.51. The molecule has 21 heavy (non-hydrogen) atoms. The largest absolute Gasteiger partial charge is 0.465 e. The predicted octanol–water partition coefficient (Wildman–Crippen LogP) is 2.31. The maximum atomic E-state index is 12.1. The van der Waals surface area contributed by atoms with Gasteiger partial charge in [-0.2, -0.15) is 0 Å². The molecule has 1 atom stereocenters. The van der Waals surface area contributed by atoms with Crippen LogP contribution in [0.5, 0.6) is 0 Å². The molecule has 0 bridgehead atoms. The fraction of sp³-hybridized carbons (Fsp3) is 0.786. The van der Waals surface area contributed by atoms with Gasteiger partial charge in [-0.25, -0.2) is 4.98 Å². The van der Waals surface area contributed by atoms with Crippen molar-refractivity contribution in [3.8, 4) is 0 Å². The normalized spacial score (nSPS) is 14.2. The van der Waals surface area contributed by atoms with E-state index in [-0.39, 0.29) is 12.0 Å². The van der Waals surface area contributed by atoms with E-state index in [2.05, 4.69) is 20.5 Å². The number of carbonyl (C=O) groups is 1. The Hall–Kier alpha value is -1.08. The lowest BCUT2D eigenvalue weighted by Gasteiger charge is -2.30. The molecule has 0 aliphatic rings. The second kappa shape index (κ2) is 8.38. The highest BCUT2D eigenvalue weighted by molar-refractivity contribution is 7.99. The van der Waals surface area contributed by atoms with Gasteiger partial charge in [0.1, 0.15) is 11.4 Å². The highest BCUT2D eigenvalue weighted by Gasteiger charge is 2.34. The molecule has 0 saturated carbocycles. The van der Waals surface area contributed by atoms with Crippen molar-refractivity contribution >= 4 is 17.7 Å². The highest BCUT2D eigenvalue weighted by Crippen LogP contribution is 2.20. The average molecular weight is 314 g/mol. The van der Waals surface area contributed by atoms with Gasteiger partial charge < -0.3 is 4.74 Å². The standard InChI is InChI=1S/C14H26N4O2S/c1-6-20-12(19)14(5,16-10(2)3)8-7-9-21-13-15-11(4)17-18-13/h10,16H,6-9H2,1-5H3,(H,15,17,18). The molecule has 0 spiro atoms. The molecule has 1 unspecified atom stereocenters. The topological polar surface area (TPSA) is 79.9 Å². The molecule has 1 rings (SSSR count). The highest BCUT2D eigenvalue weighted by atomic mass is 32.2. The van der Waals surface area contributed by atoms with Crippen molar-refractivity contribution < 1.29 is 9.53 Å². The van der Waals surface area contributed by atoms with Crippen LogP contribution in [0.15, 0.2) is 5.16 Å². The van der Waals surface area contributed by atoms with Gasteiger partial charge in [-0.15, -0.1) is 5.10 Å². The maximum absolute atomic E-state index is 12.1. The van der Waals surface area contributed by atoms with Crippen LogP contribution >= 0.6 is 11.8 Å². The number of thioether (sulfide) groups is 1. The molecule has 1 aromatic rings. The zero-order chi connectivity index (χ0) is 15.9. The van der Waals surface area contributed by atoms with Gasteiger partial charge in [0.2, 0.25) is 5.16 Å². The summed E-state index contributed by atoms with van der Waals surface area (Å²) >= 11 is 1.59. The minimum Gasteiger partial charge on any atom is -0.465 e. The van der Waals surface area contributed by atoms with E-state index in [0.29, 0.717) is 6.61 Å². The van der Waals surface area contributed by atoms with Gasteiger partial charge in [-0.05, 0) is 47.5 Å². The number of aryl methyl sites for hydroxylation is 1. The number of nitrogens with zero attached hydrogens (tertiary/aromatic N) is 2. The molecule has 1 aromatic heterocycles. The van der Waals surface area contributed by atoms with Crippen molar-refractivity contribution in [3.63, 3.8) is 0 Å². The van der Waals surface area contributed by atoms with E-state index in [0.717, 1.165) is 29.6 Å². The second-order valence-corrected chi connectivity index (χ2v) is 6.57. The first-order chi connectivity index (χ1) is 9.87. The van der Waals surface area contributed by atoms with Gasteiger partial charge in [0, 0.05) is 11.8 Å². The van der Waals surface area contributed by atoms with Gasteiger partial charge in [-0.1, -0.05) is 11.8 Å². The number of H-pyrrole nitrogens is 1. The summed E-state index contributed by atoms with van der Waals surface area (Å²) in [6.45, 7) is 10.1. The van der Waals surface area contributed by atoms with Gasteiger partial charge in [0.25, 0.3) is 0 Å². The van der Waals surface area contributed by atoms with E-state index < -0.39 is 5.54 Å². The van der Waals surface area contributed by atoms with E-state index in [1.54, 1.807) is 11.8 Å². The van der Waals surface area contributed by atoms with Gasteiger partial charge in [0.15, 0.2) is 0 Å². The maximum Gasteiger partial charge on any atom is 0.326 e. The summed E-state index contributed by atoms with van der Waals surface area (Å²) in [5.74, 6) is 1.50. The van der Waals surface area contributed by atoms with Crippen LogP contribution < -0.4 is 5.32 Å². The van der Waals surface area contributed by atoms with Crippen molar-refractivity contribution in [2.45, 2.75) is 64.2 Å². The lowest BCUT2D eigenvalue weighted by Crippen LogP contribution is -2.53. The number of ether oxygens (including phenoxy) is 1. The molecule has 0 fully saturated rings. The Kier molecular flexibility index (Phi) is 7.17. The Morgan fingerprint density at radius 1 is 1.52 bits per heavy atom. The summed E-state index contributed by atoms with van der Waals surface area (Å²) in [6, 6.07) is 0.225. The van der Waals surface area contributed by atoms with E-state index >= 15 is 0 Å². The number of rotatable bonds is 9. The monoisotopic (exact) mass is 314 g/mol. The fourth-order valence-electron chi connectivity index (χ4n) is 2.14. The molecule has 1 heterocycles. The summed E-state index contributed by atoms with van der Waals surface area (Å²) in [5, 5.41) is 11.0. The Morgan fingerprint density at radius 2 is 2.24 bits per heavy atom. The third kappa shape index (κ3) is 6.05. The molecular formula is C14H26N4O2S. The van der Waals surface area contributed by atoms with Crippen LogP contribution in [0.4, 0.5) is 0 Å². The van der Waals surface area contributed by atoms with Gasteiger partial charge in [0.05, 0.1) is 6.61 Å². The Labute approximate surface area is 130 Å². The molecule has 7 heteroatoms. The third-order valence-electron chi connectivity index (χ3n) is 2.96. The van der Waals surface area contributed by atoms with Crippen molar-refractivity contribution in [2.24, 2.45) is 0 Å². The zero-order valence-corrected chi connectivity index (χ0v) is 14.3. The lowest BCUT2D eigenvalue weighted by molar-refractivity contribution is -0.151. The van der Waals surface area contributed by atoms with E-state index in [4.69, 9.17) is 4.74 Å². The molecule has 0 aliphatic carbocycles. The molecule has 0 radical (unpaired) electrons. The quantitative estimate of drug-likeness (QED) is 0.414. The van der Waals surface area contributed by atoms with Crippen LogP contribution in [0.1, 0.15) is 46.4 Å². The van der Waals surface area contributed by atoms with Crippen LogP contribution in [0.25, 0.3) is 0 Å². The summed E-state index contributed by atoms with van der Waals surface area (Å²) in [5.41, 5.74) is -0.639.